The lowest BCUT2D eigenvalue weighted by molar-refractivity contribution is 0.0793. The first-order chi connectivity index (χ1) is 14.8. The van der Waals surface area contributed by atoms with Gasteiger partial charge in [-0.05, 0) is 49.4 Å². The molecule has 0 amide bonds. The van der Waals surface area contributed by atoms with Crippen molar-refractivity contribution in [1.29, 1.82) is 0 Å². The second-order valence-electron chi connectivity index (χ2n) is 7.95. The molecule has 4 atom stereocenters. The van der Waals surface area contributed by atoms with Crippen molar-refractivity contribution in [2.24, 2.45) is 5.92 Å². The molecule has 31 heavy (non-hydrogen) atoms. The highest BCUT2D eigenvalue weighted by Gasteiger charge is 2.41. The van der Waals surface area contributed by atoms with E-state index in [0.29, 0.717) is 18.5 Å². The Morgan fingerprint density at radius 3 is 2.90 bits per heavy atom. The Bertz CT molecular complexity index is 1100. The van der Waals surface area contributed by atoms with Gasteiger partial charge in [-0.2, -0.15) is 0 Å². The Hall–Kier alpha value is -2.58. The number of hydrogen-bond donors (Lipinski definition) is 2. The first kappa shape index (κ1) is 21.6. The number of aliphatic hydroxyl groups is 1. The molecule has 2 aromatic heterocycles. The highest BCUT2D eigenvalue weighted by Crippen LogP contribution is 2.31. The Balaban J connectivity index is 1.57. The summed E-state index contributed by atoms with van der Waals surface area (Å²) in [6.07, 6.45) is 4.21. The van der Waals surface area contributed by atoms with Crippen molar-refractivity contribution in [3.05, 3.63) is 82.8 Å². The second-order valence-corrected chi connectivity index (χ2v) is 8.87. The molecule has 0 aliphatic heterocycles. The van der Waals surface area contributed by atoms with Crippen LogP contribution in [0.2, 0.25) is 0 Å². The fourth-order valence-electron chi connectivity index (χ4n) is 3.96. The summed E-state index contributed by atoms with van der Waals surface area (Å²) in [6, 6.07) is 7.32. The van der Waals surface area contributed by atoms with Crippen LogP contribution in [0.1, 0.15) is 33.5 Å². The molecule has 1 saturated carbocycles. The zero-order valence-corrected chi connectivity index (χ0v) is 18.6. The van der Waals surface area contributed by atoms with Crippen molar-refractivity contribution in [3.8, 4) is 0 Å². The van der Waals surface area contributed by atoms with E-state index in [1.165, 1.54) is 12.5 Å². The predicted molar refractivity (Wildman–Crippen MR) is 120 cm³/mol. The summed E-state index contributed by atoms with van der Waals surface area (Å²) >= 11 is 3.47. The predicted octanol–water partition coefficient (Wildman–Crippen LogP) is 3.96. The number of halogens is 2. The monoisotopic (exact) mass is 485 g/mol. The minimum atomic E-state index is -1.48. The molecular weight excluding hydrogens is 463 g/mol. The van der Waals surface area contributed by atoms with Crippen molar-refractivity contribution in [2.75, 3.05) is 5.32 Å². The molecule has 8 heteroatoms. The van der Waals surface area contributed by atoms with Gasteiger partial charge < -0.3 is 15.0 Å². The third kappa shape index (κ3) is 4.55. The van der Waals surface area contributed by atoms with Crippen molar-refractivity contribution < 1.29 is 14.3 Å². The smallest absolute Gasteiger partial charge is 0.200 e. The van der Waals surface area contributed by atoms with Gasteiger partial charge in [0.2, 0.25) is 0 Å². The number of aromatic nitrogens is 3. The van der Waals surface area contributed by atoms with Crippen LogP contribution in [-0.2, 0) is 6.54 Å². The number of ketones is 1. The maximum Gasteiger partial charge on any atom is 0.200 e. The van der Waals surface area contributed by atoms with E-state index in [0.717, 1.165) is 15.6 Å². The maximum absolute atomic E-state index is 14.4. The molecule has 161 valence electrons. The van der Waals surface area contributed by atoms with Crippen LogP contribution < -0.4 is 5.32 Å². The van der Waals surface area contributed by atoms with Crippen LogP contribution in [0.5, 0.6) is 0 Å². The molecule has 1 aliphatic carbocycles. The number of nitrogens with one attached hydrogen (secondary N) is 1. The third-order valence-electron chi connectivity index (χ3n) is 5.61. The molecular formula is C23H23BrFN4O2. The lowest BCUT2D eigenvalue weighted by Crippen LogP contribution is -2.32. The van der Waals surface area contributed by atoms with Crippen LogP contribution in [-0.4, -0.2) is 43.7 Å². The molecule has 2 heterocycles. The van der Waals surface area contributed by atoms with Crippen LogP contribution in [0.25, 0.3) is 0 Å². The van der Waals surface area contributed by atoms with Gasteiger partial charge in [-0.15, -0.1) is 0 Å². The number of aliphatic hydroxyl groups excluding tert-OH is 1. The molecule has 6 nitrogen and oxygen atoms in total. The Kier molecular flexibility index (Phi) is 6.20. The van der Waals surface area contributed by atoms with Crippen LogP contribution in [0, 0.1) is 19.8 Å². The van der Waals surface area contributed by atoms with Gasteiger partial charge in [0.25, 0.3) is 0 Å². The average molecular weight is 486 g/mol. The fourth-order valence-corrected chi connectivity index (χ4v) is 4.41. The molecule has 0 bridgehead atoms. The number of benzene rings is 1. The summed E-state index contributed by atoms with van der Waals surface area (Å²) in [6.45, 7) is 6.28. The maximum atomic E-state index is 14.4. The lowest BCUT2D eigenvalue weighted by Gasteiger charge is -2.18. The van der Waals surface area contributed by atoms with E-state index in [1.807, 2.05) is 42.0 Å². The Morgan fingerprint density at radius 1 is 1.39 bits per heavy atom. The summed E-state index contributed by atoms with van der Waals surface area (Å²) in [4.78, 5) is 21.4. The van der Waals surface area contributed by atoms with E-state index in [9.17, 15) is 14.3 Å². The number of rotatable bonds is 6. The summed E-state index contributed by atoms with van der Waals surface area (Å²) in [5, 5.41) is 12.8. The molecule has 3 aromatic rings. The van der Waals surface area contributed by atoms with Gasteiger partial charge in [-0.3, -0.25) is 4.79 Å². The van der Waals surface area contributed by atoms with Crippen LogP contribution in [0.3, 0.4) is 0 Å². The van der Waals surface area contributed by atoms with E-state index in [-0.39, 0.29) is 17.2 Å². The molecule has 0 unspecified atom stereocenters. The van der Waals surface area contributed by atoms with E-state index in [2.05, 4.69) is 38.1 Å². The van der Waals surface area contributed by atoms with Gasteiger partial charge in [0.15, 0.2) is 5.78 Å². The Morgan fingerprint density at radius 2 is 2.19 bits per heavy atom. The van der Waals surface area contributed by atoms with Gasteiger partial charge in [-0.25, -0.2) is 14.4 Å². The van der Waals surface area contributed by atoms with Crippen molar-refractivity contribution in [3.63, 3.8) is 0 Å². The lowest BCUT2D eigenvalue weighted by atomic mass is 10.0. The van der Waals surface area contributed by atoms with Gasteiger partial charge in [-0.1, -0.05) is 28.1 Å². The molecule has 0 saturated heterocycles. The van der Waals surface area contributed by atoms with Crippen LogP contribution >= 0.6 is 15.9 Å². The van der Waals surface area contributed by atoms with E-state index in [4.69, 9.17) is 0 Å². The molecule has 1 aromatic carbocycles. The van der Waals surface area contributed by atoms with E-state index in [1.54, 1.807) is 6.20 Å². The van der Waals surface area contributed by atoms with Gasteiger partial charge in [0.05, 0.1) is 17.7 Å². The number of carbonyl (C=O) groups excluding carboxylic acids is 1. The summed E-state index contributed by atoms with van der Waals surface area (Å²) in [5.74, 6) is -0.399. The number of anilines is 1. The van der Waals surface area contributed by atoms with Crippen molar-refractivity contribution in [2.45, 2.75) is 38.2 Å². The highest BCUT2D eigenvalue weighted by atomic mass is 79.9. The quantitative estimate of drug-likeness (QED) is 0.516. The van der Waals surface area contributed by atoms with Gasteiger partial charge >= 0.3 is 0 Å². The third-order valence-corrected chi connectivity index (χ3v) is 6.10. The van der Waals surface area contributed by atoms with Gasteiger partial charge in [0.1, 0.15) is 18.3 Å². The zero-order chi connectivity index (χ0) is 22.1. The van der Waals surface area contributed by atoms with Crippen molar-refractivity contribution in [1.82, 2.24) is 14.5 Å². The first-order valence-corrected chi connectivity index (χ1v) is 10.8. The molecule has 1 radical (unpaired) electrons. The number of alkyl halides is 1. The average Bonchev–Trinajstić information content (AvgIpc) is 3.22. The summed E-state index contributed by atoms with van der Waals surface area (Å²) < 4.78 is 17.3. The zero-order valence-electron chi connectivity index (χ0n) is 17.0. The molecule has 0 spiro atoms. The first-order valence-electron chi connectivity index (χ1n) is 10.0. The second kappa shape index (κ2) is 8.88. The van der Waals surface area contributed by atoms with Gasteiger partial charge in [0, 0.05) is 35.2 Å². The van der Waals surface area contributed by atoms with Crippen molar-refractivity contribution >= 4 is 27.5 Å². The molecule has 2 N–H and O–H groups in total. The minimum Gasteiger partial charge on any atom is -0.390 e. The largest absolute Gasteiger partial charge is 0.390 e. The summed E-state index contributed by atoms with van der Waals surface area (Å²) in [7, 11) is 0. The van der Waals surface area contributed by atoms with E-state index >= 15 is 0 Å². The minimum absolute atomic E-state index is 0.242. The van der Waals surface area contributed by atoms with E-state index < -0.39 is 24.2 Å². The van der Waals surface area contributed by atoms with Crippen LogP contribution in [0.15, 0.2) is 53.7 Å². The number of hydrogen-bond acceptors (Lipinski definition) is 5. The normalized spacial score (nSPS) is 23.1. The number of carbonyl (C=O) groups is 1. The fraction of sp³-hybridized carbons (Fsp3) is 0.304. The SMILES string of the molecule is [CH2][C@@H]1C[C@@H](Nc2ncncc2C(=O)c2cn(Cc3cccc(Br)c3)cc2C)[C@@H](F)[C@@H]1O. The summed E-state index contributed by atoms with van der Waals surface area (Å²) in [5.41, 5.74) is 2.73. The number of aryl methyl sites for hydroxylation is 1. The molecule has 4 rings (SSSR count). The van der Waals surface area contributed by atoms with Crippen LogP contribution in [0.4, 0.5) is 10.2 Å². The topological polar surface area (TPSA) is 80.0 Å². The molecule has 1 aliphatic rings. The number of nitrogens with zero attached hydrogens (tertiary/aromatic N) is 3. The standard InChI is InChI=1S/C23H23BrFN4O2/c1-13-6-19(20(25)21(13)30)28-23-17(8-26-12-27-23)22(31)18-11-29(9-14(18)2)10-15-4-3-5-16(24)7-15/h3-5,7-9,11-13,19-21,30H,1,6,10H2,2H3,(H,26,27,28)/t13-,19-,20-,21-/m1/s1. The molecule has 1 fully saturated rings. The Labute approximate surface area is 188 Å². The highest BCUT2D eigenvalue weighted by molar-refractivity contribution is 9.10.